The average Bonchev–Trinajstić information content (AvgIpc) is 2.32. The van der Waals surface area contributed by atoms with Crippen LogP contribution in [0.4, 0.5) is 0 Å². The number of hydrogen-bond donors (Lipinski definition) is 0. The van der Waals surface area contributed by atoms with Crippen LogP contribution in [0.25, 0.3) is 0 Å². The molecule has 11 heavy (non-hydrogen) atoms. The van der Waals surface area contributed by atoms with E-state index in [1.165, 1.54) is 6.42 Å². The molecule has 1 heterocycles. The Kier molecular flexibility index (Phi) is 2.90. The number of rotatable bonds is 2. The lowest BCUT2D eigenvalue weighted by atomic mass is 10.2. The maximum Gasteiger partial charge on any atom is 0.0809 e. The Morgan fingerprint density at radius 2 is 2.18 bits per heavy atom. The molecule has 0 unspecified atom stereocenters. The van der Waals surface area contributed by atoms with Crippen molar-refractivity contribution in [3.05, 3.63) is 0 Å². The van der Waals surface area contributed by atoms with E-state index in [0.29, 0.717) is 6.10 Å². The first-order chi connectivity index (χ1) is 5.08. The maximum absolute atomic E-state index is 5.59. The van der Waals surface area contributed by atoms with Gasteiger partial charge in [-0.25, -0.2) is 0 Å². The molecule has 0 N–H and O–H groups in total. The monoisotopic (exact) mass is 158 g/mol. The van der Waals surface area contributed by atoms with E-state index >= 15 is 0 Å². The summed E-state index contributed by atoms with van der Waals surface area (Å²) in [6.07, 6.45) is 2.71. The van der Waals surface area contributed by atoms with Crippen molar-refractivity contribution in [1.82, 2.24) is 0 Å². The molecule has 0 amide bonds. The van der Waals surface area contributed by atoms with Crippen LogP contribution in [0, 0.1) is 0 Å². The lowest BCUT2D eigenvalue weighted by Gasteiger charge is -2.21. The van der Waals surface area contributed by atoms with Crippen molar-refractivity contribution in [2.75, 3.05) is 13.2 Å². The van der Waals surface area contributed by atoms with E-state index in [1.54, 1.807) is 0 Å². The van der Waals surface area contributed by atoms with Gasteiger partial charge >= 0.3 is 0 Å². The lowest BCUT2D eigenvalue weighted by molar-refractivity contribution is -0.0551. The highest BCUT2D eigenvalue weighted by Gasteiger charge is 2.18. The fourth-order valence-electron chi connectivity index (χ4n) is 1.12. The van der Waals surface area contributed by atoms with Crippen LogP contribution in [0.1, 0.15) is 33.6 Å². The third-order valence-electron chi connectivity index (χ3n) is 1.73. The van der Waals surface area contributed by atoms with E-state index in [-0.39, 0.29) is 5.60 Å². The van der Waals surface area contributed by atoms with Gasteiger partial charge in [0.05, 0.1) is 18.3 Å². The molecule has 0 spiro atoms. The summed E-state index contributed by atoms with van der Waals surface area (Å²) in [6.45, 7) is 7.88. The van der Waals surface area contributed by atoms with E-state index in [2.05, 4.69) is 20.8 Å². The summed E-state index contributed by atoms with van der Waals surface area (Å²) in [6, 6.07) is 0. The van der Waals surface area contributed by atoms with Crippen LogP contribution in [0.5, 0.6) is 0 Å². The smallest absolute Gasteiger partial charge is 0.0809 e. The molecule has 0 bridgehead atoms. The number of ether oxygens (including phenoxy) is 2. The summed E-state index contributed by atoms with van der Waals surface area (Å²) in [5.41, 5.74) is -0.0219. The molecule has 1 atom stereocenters. The largest absolute Gasteiger partial charge is 0.376 e. The molecular weight excluding hydrogens is 140 g/mol. The second kappa shape index (κ2) is 3.55. The molecule has 66 valence electrons. The van der Waals surface area contributed by atoms with Crippen molar-refractivity contribution in [3.63, 3.8) is 0 Å². The molecular formula is C9H18O2. The molecule has 1 saturated heterocycles. The second-order valence-electron chi connectivity index (χ2n) is 4.06. The van der Waals surface area contributed by atoms with Gasteiger partial charge in [-0.05, 0) is 33.6 Å². The fourth-order valence-corrected chi connectivity index (χ4v) is 1.12. The molecule has 0 aromatic heterocycles. The van der Waals surface area contributed by atoms with Crippen LogP contribution in [-0.2, 0) is 9.47 Å². The molecule has 1 rings (SSSR count). The van der Waals surface area contributed by atoms with Crippen molar-refractivity contribution in [2.45, 2.75) is 45.3 Å². The van der Waals surface area contributed by atoms with Gasteiger partial charge in [0.1, 0.15) is 0 Å². The third-order valence-corrected chi connectivity index (χ3v) is 1.73. The zero-order valence-electron chi connectivity index (χ0n) is 7.72. The van der Waals surface area contributed by atoms with Crippen molar-refractivity contribution in [1.29, 1.82) is 0 Å². The van der Waals surface area contributed by atoms with Gasteiger partial charge in [-0.2, -0.15) is 0 Å². The minimum Gasteiger partial charge on any atom is -0.376 e. The zero-order valence-corrected chi connectivity index (χ0v) is 7.72. The summed E-state index contributed by atoms with van der Waals surface area (Å²) in [7, 11) is 0. The fraction of sp³-hybridized carbons (Fsp3) is 1.00. The Hall–Kier alpha value is -0.0800. The Labute approximate surface area is 68.9 Å². The second-order valence-corrected chi connectivity index (χ2v) is 4.06. The summed E-state index contributed by atoms with van der Waals surface area (Å²) < 4.78 is 11.0. The first-order valence-corrected chi connectivity index (χ1v) is 4.33. The van der Waals surface area contributed by atoms with E-state index < -0.39 is 0 Å². The molecule has 0 aromatic carbocycles. The summed E-state index contributed by atoms with van der Waals surface area (Å²) in [4.78, 5) is 0. The van der Waals surface area contributed by atoms with E-state index in [0.717, 1.165) is 19.6 Å². The van der Waals surface area contributed by atoms with Gasteiger partial charge in [0.2, 0.25) is 0 Å². The topological polar surface area (TPSA) is 18.5 Å². The van der Waals surface area contributed by atoms with Crippen LogP contribution in [-0.4, -0.2) is 24.9 Å². The van der Waals surface area contributed by atoms with Gasteiger partial charge in [-0.3, -0.25) is 0 Å². The van der Waals surface area contributed by atoms with Crippen molar-refractivity contribution in [3.8, 4) is 0 Å². The molecule has 1 fully saturated rings. The lowest BCUT2D eigenvalue weighted by Crippen LogP contribution is -2.25. The van der Waals surface area contributed by atoms with Crippen molar-refractivity contribution >= 4 is 0 Å². The SMILES string of the molecule is CC(C)(C)OC[C@@H]1CCCO1. The highest BCUT2D eigenvalue weighted by Crippen LogP contribution is 2.15. The predicted octanol–water partition coefficient (Wildman–Crippen LogP) is 1.98. The summed E-state index contributed by atoms with van der Waals surface area (Å²) in [5, 5.41) is 0. The highest BCUT2D eigenvalue weighted by molar-refractivity contribution is 4.66. The Morgan fingerprint density at radius 1 is 1.45 bits per heavy atom. The van der Waals surface area contributed by atoms with Crippen molar-refractivity contribution in [2.24, 2.45) is 0 Å². The maximum atomic E-state index is 5.59. The normalized spacial score (nSPS) is 25.9. The molecule has 2 heteroatoms. The number of hydrogen-bond acceptors (Lipinski definition) is 2. The molecule has 0 aliphatic carbocycles. The van der Waals surface area contributed by atoms with E-state index in [4.69, 9.17) is 9.47 Å². The van der Waals surface area contributed by atoms with Gasteiger partial charge in [0.25, 0.3) is 0 Å². The molecule has 1 aliphatic rings. The third kappa shape index (κ3) is 3.73. The molecule has 0 saturated carbocycles. The van der Waals surface area contributed by atoms with Crippen LogP contribution in [0.15, 0.2) is 0 Å². The quantitative estimate of drug-likeness (QED) is 0.611. The van der Waals surface area contributed by atoms with Crippen LogP contribution in [0.2, 0.25) is 0 Å². The van der Waals surface area contributed by atoms with Gasteiger partial charge in [0.15, 0.2) is 0 Å². The van der Waals surface area contributed by atoms with E-state index in [1.807, 2.05) is 0 Å². The van der Waals surface area contributed by atoms with E-state index in [9.17, 15) is 0 Å². The van der Waals surface area contributed by atoms with Gasteiger partial charge in [-0.15, -0.1) is 0 Å². The van der Waals surface area contributed by atoms with Crippen LogP contribution < -0.4 is 0 Å². The molecule has 2 nitrogen and oxygen atoms in total. The van der Waals surface area contributed by atoms with Gasteiger partial charge in [0, 0.05) is 6.61 Å². The minimum atomic E-state index is -0.0219. The minimum absolute atomic E-state index is 0.0219. The van der Waals surface area contributed by atoms with Crippen molar-refractivity contribution < 1.29 is 9.47 Å². The summed E-state index contributed by atoms with van der Waals surface area (Å²) in [5.74, 6) is 0. The standard InChI is InChI=1S/C9H18O2/c1-9(2,3)11-7-8-5-4-6-10-8/h8H,4-7H2,1-3H3/t8-/m0/s1. The van der Waals surface area contributed by atoms with Gasteiger partial charge < -0.3 is 9.47 Å². The summed E-state index contributed by atoms with van der Waals surface area (Å²) >= 11 is 0. The van der Waals surface area contributed by atoms with Crippen LogP contribution >= 0.6 is 0 Å². The zero-order chi connectivity index (χ0) is 8.32. The Bertz CT molecular complexity index is 109. The van der Waals surface area contributed by atoms with Gasteiger partial charge in [-0.1, -0.05) is 0 Å². The first-order valence-electron chi connectivity index (χ1n) is 4.33. The Morgan fingerprint density at radius 3 is 2.64 bits per heavy atom. The average molecular weight is 158 g/mol. The molecule has 0 radical (unpaired) electrons. The molecule has 1 aliphatic heterocycles. The first kappa shape index (κ1) is 9.01. The predicted molar refractivity (Wildman–Crippen MR) is 44.7 cm³/mol. The van der Waals surface area contributed by atoms with Crippen LogP contribution in [0.3, 0.4) is 0 Å². The Balaban J connectivity index is 2.11. The highest BCUT2D eigenvalue weighted by atomic mass is 16.5. The molecule has 0 aromatic rings.